The van der Waals surface area contributed by atoms with Crippen molar-refractivity contribution >= 4 is 17.1 Å². The largest absolute Gasteiger partial charge is 0.279 e. The highest BCUT2D eigenvalue weighted by Gasteiger charge is 2.20. The van der Waals surface area contributed by atoms with Crippen molar-refractivity contribution < 1.29 is 4.92 Å². The maximum absolute atomic E-state index is 10.5. The molecule has 0 amide bonds. The van der Waals surface area contributed by atoms with Gasteiger partial charge in [-0.25, -0.2) is 0 Å². The highest BCUT2D eigenvalue weighted by Crippen LogP contribution is 2.25. The number of nitrogens with zero attached hydrogens (tertiary/aromatic N) is 2. The Morgan fingerprint density at radius 2 is 2.17 bits per heavy atom. The summed E-state index contributed by atoms with van der Waals surface area (Å²) < 4.78 is 0. The second-order valence-corrected chi connectivity index (χ2v) is 4.52. The minimum atomic E-state index is -0.403. The molecule has 1 aromatic carbocycles. The molecule has 5 nitrogen and oxygen atoms in total. The van der Waals surface area contributed by atoms with Crippen LogP contribution in [0.2, 0.25) is 0 Å². The topological polar surface area (TPSA) is 67.5 Å². The third-order valence-electron chi connectivity index (χ3n) is 3.36. The first-order chi connectivity index (χ1) is 8.70. The van der Waals surface area contributed by atoms with Gasteiger partial charge >= 0.3 is 0 Å². The number of non-ortho nitro benzene ring substituents is 1. The number of nitrogens with one attached hydrogen (secondary N) is 1. The monoisotopic (exact) mass is 247 g/mol. The summed E-state index contributed by atoms with van der Waals surface area (Å²) >= 11 is 0. The molecule has 5 heteroatoms. The van der Waals surface area contributed by atoms with Crippen molar-refractivity contribution in [2.24, 2.45) is 11.0 Å². The van der Waals surface area contributed by atoms with Gasteiger partial charge in [-0.3, -0.25) is 15.5 Å². The molecule has 0 spiro atoms. The average Bonchev–Trinajstić information content (AvgIpc) is 2.84. The molecule has 0 aliphatic heterocycles. The van der Waals surface area contributed by atoms with E-state index in [1.807, 2.05) is 0 Å². The summed E-state index contributed by atoms with van der Waals surface area (Å²) in [7, 11) is 0. The predicted molar refractivity (Wildman–Crippen MR) is 71.8 cm³/mol. The maximum Gasteiger partial charge on any atom is 0.269 e. The Morgan fingerprint density at radius 3 is 2.78 bits per heavy atom. The number of nitro groups is 1. The van der Waals surface area contributed by atoms with E-state index in [9.17, 15) is 10.1 Å². The molecule has 18 heavy (non-hydrogen) atoms. The number of benzene rings is 1. The van der Waals surface area contributed by atoms with Crippen molar-refractivity contribution in [3.8, 4) is 0 Å². The Hall–Kier alpha value is -1.91. The van der Waals surface area contributed by atoms with E-state index in [1.54, 1.807) is 12.1 Å². The summed E-state index contributed by atoms with van der Waals surface area (Å²) in [5.74, 6) is 0.593. The number of nitro benzene ring substituents is 1. The summed E-state index contributed by atoms with van der Waals surface area (Å²) in [6.45, 7) is 2.18. The van der Waals surface area contributed by atoms with Crippen LogP contribution >= 0.6 is 0 Å². The van der Waals surface area contributed by atoms with Crippen LogP contribution in [0.1, 0.15) is 32.6 Å². The first-order valence-electron chi connectivity index (χ1n) is 6.27. The molecule has 0 radical (unpaired) electrons. The lowest BCUT2D eigenvalue weighted by Crippen LogP contribution is -2.07. The number of anilines is 1. The quantitative estimate of drug-likeness (QED) is 0.653. The average molecular weight is 247 g/mol. The normalized spacial score (nSPS) is 21.2. The standard InChI is InChI=1S/C13H17N3O2/c1-2-10-4-3-5-13(10)15-14-11-6-8-12(9-7-11)16(17)18/h6-10,14H,2-5H2,1H3/b15-13+. The van der Waals surface area contributed by atoms with E-state index in [0.717, 1.165) is 18.5 Å². The van der Waals surface area contributed by atoms with E-state index in [2.05, 4.69) is 17.5 Å². The Balaban J connectivity index is 2.01. The second-order valence-electron chi connectivity index (χ2n) is 4.52. The van der Waals surface area contributed by atoms with Gasteiger partial charge in [-0.2, -0.15) is 5.10 Å². The van der Waals surface area contributed by atoms with Crippen molar-refractivity contribution in [2.75, 3.05) is 5.43 Å². The molecular weight excluding hydrogens is 230 g/mol. The van der Waals surface area contributed by atoms with Crippen molar-refractivity contribution in [3.63, 3.8) is 0 Å². The molecule has 0 heterocycles. The molecular formula is C13H17N3O2. The van der Waals surface area contributed by atoms with Gasteiger partial charge in [0.15, 0.2) is 0 Å². The van der Waals surface area contributed by atoms with Crippen LogP contribution in [0, 0.1) is 16.0 Å². The lowest BCUT2D eigenvalue weighted by molar-refractivity contribution is -0.384. The Kier molecular flexibility index (Phi) is 3.92. The lowest BCUT2D eigenvalue weighted by Gasteiger charge is -2.08. The van der Waals surface area contributed by atoms with Crippen LogP contribution < -0.4 is 5.43 Å². The SMILES string of the molecule is CCC1CCC/C1=N\Nc1ccc([N+](=O)[O-])cc1. The molecule has 1 atom stereocenters. The Labute approximate surface area is 106 Å². The molecule has 2 rings (SSSR count). The third kappa shape index (κ3) is 2.85. The summed E-state index contributed by atoms with van der Waals surface area (Å²) in [5, 5.41) is 14.9. The number of hydrogen-bond donors (Lipinski definition) is 1. The molecule has 1 aliphatic rings. The van der Waals surface area contributed by atoms with Gasteiger partial charge in [0.2, 0.25) is 0 Å². The molecule has 1 fully saturated rings. The number of rotatable bonds is 4. The second kappa shape index (κ2) is 5.62. The van der Waals surface area contributed by atoms with Crippen LogP contribution in [-0.2, 0) is 0 Å². The van der Waals surface area contributed by atoms with Gasteiger partial charge in [-0.05, 0) is 43.7 Å². The van der Waals surface area contributed by atoms with E-state index in [1.165, 1.54) is 30.7 Å². The van der Waals surface area contributed by atoms with E-state index >= 15 is 0 Å². The number of hydrogen-bond acceptors (Lipinski definition) is 4. The van der Waals surface area contributed by atoms with Crippen LogP contribution in [0.3, 0.4) is 0 Å². The summed E-state index contributed by atoms with van der Waals surface area (Å²) in [5.41, 5.74) is 5.09. The fourth-order valence-corrected chi connectivity index (χ4v) is 2.28. The molecule has 0 aromatic heterocycles. The molecule has 0 bridgehead atoms. The molecule has 1 aliphatic carbocycles. The van der Waals surface area contributed by atoms with Crippen molar-refractivity contribution in [1.29, 1.82) is 0 Å². The first-order valence-corrected chi connectivity index (χ1v) is 6.27. The van der Waals surface area contributed by atoms with Gasteiger partial charge in [0, 0.05) is 17.8 Å². The summed E-state index contributed by atoms with van der Waals surface area (Å²) in [6.07, 6.45) is 4.61. The van der Waals surface area contributed by atoms with E-state index < -0.39 is 4.92 Å². The van der Waals surface area contributed by atoms with Gasteiger partial charge in [0.1, 0.15) is 0 Å². The summed E-state index contributed by atoms with van der Waals surface area (Å²) in [4.78, 5) is 10.1. The van der Waals surface area contributed by atoms with E-state index in [-0.39, 0.29) is 5.69 Å². The van der Waals surface area contributed by atoms with E-state index in [0.29, 0.717) is 5.92 Å². The lowest BCUT2D eigenvalue weighted by atomic mass is 10.0. The first kappa shape index (κ1) is 12.5. The summed E-state index contributed by atoms with van der Waals surface area (Å²) in [6, 6.07) is 6.32. The highest BCUT2D eigenvalue weighted by atomic mass is 16.6. The zero-order chi connectivity index (χ0) is 13.0. The highest BCUT2D eigenvalue weighted by molar-refractivity contribution is 5.89. The van der Waals surface area contributed by atoms with Gasteiger partial charge in [0.05, 0.1) is 10.6 Å². The van der Waals surface area contributed by atoms with Crippen LogP contribution in [0.5, 0.6) is 0 Å². The fourth-order valence-electron chi connectivity index (χ4n) is 2.28. The van der Waals surface area contributed by atoms with Crippen molar-refractivity contribution in [1.82, 2.24) is 0 Å². The van der Waals surface area contributed by atoms with Crippen molar-refractivity contribution in [3.05, 3.63) is 34.4 Å². The van der Waals surface area contributed by atoms with Crippen LogP contribution in [0.4, 0.5) is 11.4 Å². The van der Waals surface area contributed by atoms with Gasteiger partial charge in [-0.15, -0.1) is 0 Å². The van der Waals surface area contributed by atoms with Crippen LogP contribution in [0.15, 0.2) is 29.4 Å². The van der Waals surface area contributed by atoms with Gasteiger partial charge in [-0.1, -0.05) is 6.92 Å². The van der Waals surface area contributed by atoms with Crippen LogP contribution in [-0.4, -0.2) is 10.6 Å². The predicted octanol–water partition coefficient (Wildman–Crippen LogP) is 3.57. The maximum atomic E-state index is 10.5. The molecule has 1 unspecified atom stereocenters. The third-order valence-corrected chi connectivity index (χ3v) is 3.36. The smallest absolute Gasteiger partial charge is 0.269 e. The van der Waals surface area contributed by atoms with Crippen molar-refractivity contribution in [2.45, 2.75) is 32.6 Å². The Bertz CT molecular complexity index is 454. The zero-order valence-electron chi connectivity index (χ0n) is 10.4. The van der Waals surface area contributed by atoms with Crippen LogP contribution in [0.25, 0.3) is 0 Å². The Morgan fingerprint density at radius 1 is 1.44 bits per heavy atom. The molecule has 0 saturated heterocycles. The minimum absolute atomic E-state index is 0.0977. The minimum Gasteiger partial charge on any atom is -0.279 e. The molecule has 96 valence electrons. The van der Waals surface area contributed by atoms with Gasteiger partial charge < -0.3 is 0 Å². The molecule has 1 aromatic rings. The molecule has 1 saturated carbocycles. The number of hydrazone groups is 1. The van der Waals surface area contributed by atoms with Gasteiger partial charge in [0.25, 0.3) is 5.69 Å². The van der Waals surface area contributed by atoms with E-state index in [4.69, 9.17) is 0 Å². The molecule has 1 N–H and O–H groups in total. The zero-order valence-corrected chi connectivity index (χ0v) is 10.4. The fraction of sp³-hybridized carbons (Fsp3) is 0.462.